The summed E-state index contributed by atoms with van der Waals surface area (Å²) in [5, 5.41) is 12.3. The van der Waals surface area contributed by atoms with E-state index in [9.17, 15) is 0 Å². The second-order valence-corrected chi connectivity index (χ2v) is 17.0. The fourth-order valence-electron chi connectivity index (χ4n) is 9.36. The molecule has 0 aliphatic carbocycles. The number of thiophene rings is 1. The van der Waals surface area contributed by atoms with Gasteiger partial charge in [0.15, 0.2) is 17.5 Å². The highest BCUT2D eigenvalue weighted by Gasteiger charge is 2.20. The normalized spacial score (nSPS) is 11.9. The fourth-order valence-corrected chi connectivity index (χ4v) is 10.5. The van der Waals surface area contributed by atoms with Crippen molar-refractivity contribution in [3.05, 3.63) is 200 Å². The fraction of sp³-hybridized carbons (Fsp3) is 0. The Hall–Kier alpha value is -7.99. The molecule has 62 heavy (non-hydrogen) atoms. The molecule has 0 bridgehead atoms. The van der Waals surface area contributed by atoms with Crippen LogP contribution in [-0.2, 0) is 0 Å². The Balaban J connectivity index is 0.969. The lowest BCUT2D eigenvalue weighted by molar-refractivity contribution is 0.669. The first-order chi connectivity index (χ1) is 30.7. The van der Waals surface area contributed by atoms with Gasteiger partial charge in [0, 0.05) is 47.6 Å². The van der Waals surface area contributed by atoms with Crippen LogP contribution in [0.15, 0.2) is 205 Å². The maximum atomic E-state index is 6.61. The van der Waals surface area contributed by atoms with Crippen LogP contribution in [0.5, 0.6) is 0 Å². The van der Waals surface area contributed by atoms with Gasteiger partial charge in [0.2, 0.25) is 0 Å². The molecule has 10 aromatic carbocycles. The van der Waals surface area contributed by atoms with Gasteiger partial charge in [-0.15, -0.1) is 11.3 Å². The van der Waals surface area contributed by atoms with Crippen LogP contribution < -0.4 is 0 Å². The lowest BCUT2D eigenvalue weighted by Crippen LogP contribution is -2.00. The number of benzene rings is 10. The monoisotopic (exact) mass is 807 g/mol. The van der Waals surface area contributed by atoms with Crippen LogP contribution in [0.1, 0.15) is 0 Å². The van der Waals surface area contributed by atoms with E-state index in [2.05, 4.69) is 127 Å². The van der Waals surface area contributed by atoms with Crippen molar-refractivity contribution in [1.29, 1.82) is 0 Å². The highest BCUT2D eigenvalue weighted by atomic mass is 32.1. The zero-order valence-electron chi connectivity index (χ0n) is 33.2. The molecular formula is C57H33N3OS. The lowest BCUT2D eigenvalue weighted by Gasteiger charge is -2.12. The summed E-state index contributed by atoms with van der Waals surface area (Å²) < 4.78 is 9.12. The van der Waals surface area contributed by atoms with Crippen LogP contribution >= 0.6 is 11.3 Å². The van der Waals surface area contributed by atoms with Crippen molar-refractivity contribution in [1.82, 2.24) is 15.0 Å². The van der Waals surface area contributed by atoms with Gasteiger partial charge in [-0.2, -0.15) is 0 Å². The van der Waals surface area contributed by atoms with Crippen LogP contribution in [0.2, 0.25) is 0 Å². The summed E-state index contributed by atoms with van der Waals surface area (Å²) in [6.07, 6.45) is 0. The third-order valence-electron chi connectivity index (χ3n) is 12.3. The molecule has 13 rings (SSSR count). The minimum atomic E-state index is 0.589. The van der Waals surface area contributed by atoms with Crippen molar-refractivity contribution in [2.24, 2.45) is 0 Å². The first kappa shape index (κ1) is 34.8. The summed E-state index contributed by atoms with van der Waals surface area (Å²) in [7, 11) is 0. The number of furan rings is 1. The third kappa shape index (κ3) is 5.56. The topological polar surface area (TPSA) is 51.8 Å². The van der Waals surface area contributed by atoms with Crippen molar-refractivity contribution in [3.63, 3.8) is 0 Å². The van der Waals surface area contributed by atoms with Gasteiger partial charge in [0.25, 0.3) is 0 Å². The molecule has 13 aromatic rings. The molecule has 0 fully saturated rings. The van der Waals surface area contributed by atoms with Gasteiger partial charge in [-0.25, -0.2) is 15.0 Å². The molecule has 0 radical (unpaired) electrons. The lowest BCUT2D eigenvalue weighted by atomic mass is 9.92. The predicted octanol–water partition coefficient (Wildman–Crippen LogP) is 15.9. The number of aromatic nitrogens is 3. The summed E-state index contributed by atoms with van der Waals surface area (Å²) in [4.78, 5) is 15.1. The zero-order chi connectivity index (χ0) is 40.7. The molecule has 0 aliphatic heterocycles. The summed E-state index contributed by atoms with van der Waals surface area (Å²) in [5.41, 5.74) is 8.96. The van der Waals surface area contributed by atoms with Gasteiger partial charge in [-0.3, -0.25) is 0 Å². The molecule has 0 aliphatic rings. The van der Waals surface area contributed by atoms with Crippen molar-refractivity contribution in [2.45, 2.75) is 0 Å². The molecule has 288 valence electrons. The van der Waals surface area contributed by atoms with Crippen molar-refractivity contribution >= 4 is 85.8 Å². The Labute approximate surface area is 360 Å². The Morgan fingerprint density at radius 3 is 1.45 bits per heavy atom. The Bertz CT molecular complexity index is 3830. The minimum absolute atomic E-state index is 0.589. The second kappa shape index (κ2) is 13.8. The molecule has 3 aromatic heterocycles. The van der Waals surface area contributed by atoms with E-state index in [0.717, 1.165) is 49.8 Å². The van der Waals surface area contributed by atoms with Gasteiger partial charge in [0.1, 0.15) is 11.2 Å². The van der Waals surface area contributed by atoms with Crippen LogP contribution in [0.4, 0.5) is 0 Å². The molecule has 0 spiro atoms. The first-order valence-electron chi connectivity index (χ1n) is 20.8. The minimum Gasteiger partial charge on any atom is -0.456 e. The summed E-state index contributed by atoms with van der Waals surface area (Å²) in [6.45, 7) is 0. The zero-order valence-corrected chi connectivity index (χ0v) is 34.0. The number of hydrogen-bond acceptors (Lipinski definition) is 5. The van der Waals surface area contributed by atoms with E-state index in [0.29, 0.717) is 17.5 Å². The van der Waals surface area contributed by atoms with Gasteiger partial charge in [0.05, 0.1) is 0 Å². The van der Waals surface area contributed by atoms with E-state index >= 15 is 0 Å². The van der Waals surface area contributed by atoms with Crippen molar-refractivity contribution in [3.8, 4) is 56.4 Å². The average molecular weight is 808 g/mol. The highest BCUT2D eigenvalue weighted by molar-refractivity contribution is 7.25. The molecule has 0 atom stereocenters. The SMILES string of the molecule is c1ccc(-c2nc(-c3ccccc3)nc(-c3cc(-c4ccc5sc6cc(-c7ccc8c9ccccc9c9ccccc9c8c7)ccc6c5c4)c4c(c3)oc3ccccc34)n2)cc1. The molecule has 4 nitrogen and oxygen atoms in total. The smallest absolute Gasteiger partial charge is 0.164 e. The van der Waals surface area contributed by atoms with E-state index in [-0.39, 0.29) is 0 Å². The number of rotatable bonds is 5. The molecule has 5 heteroatoms. The molecule has 0 N–H and O–H groups in total. The largest absolute Gasteiger partial charge is 0.456 e. The maximum Gasteiger partial charge on any atom is 0.164 e. The summed E-state index contributed by atoms with van der Waals surface area (Å²) >= 11 is 1.84. The number of hydrogen-bond donors (Lipinski definition) is 0. The molecular weight excluding hydrogens is 775 g/mol. The number of nitrogens with zero attached hydrogens (tertiary/aromatic N) is 3. The summed E-state index contributed by atoms with van der Waals surface area (Å²) in [5.74, 6) is 1.83. The van der Waals surface area contributed by atoms with Crippen LogP contribution in [0, 0.1) is 0 Å². The highest BCUT2D eigenvalue weighted by Crippen LogP contribution is 2.44. The second-order valence-electron chi connectivity index (χ2n) is 15.9. The Morgan fingerprint density at radius 2 is 0.790 bits per heavy atom. The Morgan fingerprint density at radius 1 is 0.290 bits per heavy atom. The number of para-hydroxylation sites is 1. The van der Waals surface area contributed by atoms with Crippen molar-refractivity contribution < 1.29 is 4.42 Å². The molecule has 0 amide bonds. The van der Waals surface area contributed by atoms with Crippen LogP contribution in [-0.4, -0.2) is 15.0 Å². The van der Waals surface area contributed by atoms with E-state index in [1.54, 1.807) is 0 Å². The molecule has 3 heterocycles. The van der Waals surface area contributed by atoms with Gasteiger partial charge >= 0.3 is 0 Å². The van der Waals surface area contributed by atoms with E-state index in [4.69, 9.17) is 19.4 Å². The first-order valence-corrected chi connectivity index (χ1v) is 21.6. The van der Waals surface area contributed by atoms with E-state index in [1.165, 1.54) is 63.6 Å². The van der Waals surface area contributed by atoms with Gasteiger partial charge in [-0.05, 0) is 97.0 Å². The standard InChI is InChI=1S/C57H33N3OS/c1-3-13-34(14-4-1)55-58-56(35-15-5-2-6-16-35)60-57(59-55)39-31-47(54-46-21-11-12-22-50(46)61-51(54)32-39)38-25-28-52-49(30-38)45-27-24-37(33-53(45)62-52)36-23-26-44-42-19-8-7-17-40(42)41-18-9-10-20-43(41)48(44)29-36/h1-33H. The van der Waals surface area contributed by atoms with Crippen molar-refractivity contribution in [2.75, 3.05) is 0 Å². The number of fused-ring (bicyclic) bond motifs is 12. The van der Waals surface area contributed by atoms with E-state index in [1.807, 2.05) is 84.1 Å². The van der Waals surface area contributed by atoms with Gasteiger partial charge < -0.3 is 4.42 Å². The maximum absolute atomic E-state index is 6.61. The predicted molar refractivity (Wildman–Crippen MR) is 260 cm³/mol. The molecule has 0 saturated carbocycles. The summed E-state index contributed by atoms with van der Waals surface area (Å²) in [6, 6.07) is 71.1. The van der Waals surface area contributed by atoms with Gasteiger partial charge in [-0.1, -0.05) is 158 Å². The molecule has 0 saturated heterocycles. The van der Waals surface area contributed by atoms with Crippen LogP contribution in [0.3, 0.4) is 0 Å². The Kier molecular flexibility index (Phi) is 7.74. The third-order valence-corrected chi connectivity index (χ3v) is 13.4. The van der Waals surface area contributed by atoms with Crippen LogP contribution in [0.25, 0.3) is 131 Å². The van der Waals surface area contributed by atoms with E-state index < -0.39 is 0 Å². The molecule has 0 unspecified atom stereocenters. The quantitative estimate of drug-likeness (QED) is 0.163. The average Bonchev–Trinajstić information content (AvgIpc) is 3.92.